The van der Waals surface area contributed by atoms with Gasteiger partial charge >= 0.3 is 0 Å². The van der Waals surface area contributed by atoms with E-state index in [4.69, 9.17) is 0 Å². The lowest BCUT2D eigenvalue weighted by atomic mass is 9.95. The molecule has 0 aliphatic rings. The maximum absolute atomic E-state index is 2.47. The van der Waals surface area contributed by atoms with Crippen molar-refractivity contribution in [1.29, 1.82) is 0 Å². The number of rotatable bonds is 6. The van der Waals surface area contributed by atoms with E-state index in [1.54, 1.807) is 0 Å². The van der Waals surface area contributed by atoms with E-state index < -0.39 is 0 Å². The minimum atomic E-state index is 1.14. The minimum absolute atomic E-state index is 1.14. The van der Waals surface area contributed by atoms with Crippen molar-refractivity contribution in [2.24, 2.45) is 0 Å². The molecule has 63 heavy (non-hydrogen) atoms. The topological polar surface area (TPSA) is 14.8 Å². The van der Waals surface area contributed by atoms with Crippen molar-refractivity contribution < 1.29 is 0 Å². The highest BCUT2D eigenvalue weighted by Crippen LogP contribution is 2.46. The van der Waals surface area contributed by atoms with Crippen LogP contribution in [-0.4, -0.2) is 13.7 Å². The molecule has 3 heterocycles. The fraction of sp³-hybridized carbons (Fsp3) is 0. The van der Waals surface area contributed by atoms with Gasteiger partial charge in [0.15, 0.2) is 0 Å². The number of fused-ring (bicyclic) bond motifs is 10. The first kappa shape index (κ1) is 35.4. The Morgan fingerprint density at radius 2 is 0.667 bits per heavy atom. The zero-order chi connectivity index (χ0) is 41.4. The van der Waals surface area contributed by atoms with Gasteiger partial charge in [-0.2, -0.15) is 0 Å². The van der Waals surface area contributed by atoms with Gasteiger partial charge in [-0.3, -0.25) is 0 Å². The number of hydrogen-bond acceptors (Lipinski definition) is 0. The number of nitrogens with zero attached hydrogens (tertiary/aromatic N) is 3. The van der Waals surface area contributed by atoms with E-state index in [0.717, 1.165) is 17.1 Å². The molecule has 0 aliphatic heterocycles. The Bertz CT molecular complexity index is 3870. The fourth-order valence-electron chi connectivity index (χ4n) is 10.2. The second-order valence-electron chi connectivity index (χ2n) is 16.5. The summed E-state index contributed by atoms with van der Waals surface area (Å²) in [6, 6.07) is 86.3. The zero-order valence-electron chi connectivity index (χ0n) is 34.4. The summed E-state index contributed by atoms with van der Waals surface area (Å²) in [6.45, 7) is 0. The first-order valence-corrected chi connectivity index (χ1v) is 21.7. The van der Waals surface area contributed by atoms with E-state index in [0.29, 0.717) is 0 Å². The normalized spacial score (nSPS) is 11.8. The highest BCUT2D eigenvalue weighted by atomic mass is 15.0. The molecule has 0 radical (unpaired) electrons. The van der Waals surface area contributed by atoms with Crippen molar-refractivity contribution in [3.63, 3.8) is 0 Å². The predicted molar refractivity (Wildman–Crippen MR) is 266 cm³/mol. The third kappa shape index (κ3) is 5.46. The van der Waals surface area contributed by atoms with E-state index in [1.807, 2.05) is 0 Å². The third-order valence-electron chi connectivity index (χ3n) is 13.0. The molecule has 0 spiro atoms. The van der Waals surface area contributed by atoms with Crippen LogP contribution in [0.4, 0.5) is 0 Å². The lowest BCUT2D eigenvalue weighted by molar-refractivity contribution is 1.17. The van der Waals surface area contributed by atoms with Crippen LogP contribution in [0, 0.1) is 0 Å². The van der Waals surface area contributed by atoms with Crippen LogP contribution in [0.2, 0.25) is 0 Å². The molecule has 294 valence electrons. The third-order valence-corrected chi connectivity index (χ3v) is 13.0. The summed E-state index contributed by atoms with van der Waals surface area (Å²) in [6.07, 6.45) is 0. The van der Waals surface area contributed by atoms with Crippen molar-refractivity contribution in [3.05, 3.63) is 237 Å². The SMILES string of the molecule is c1ccc(-c2cccc(-n3c4ccccc4c4cc(-c5ccc(-c6cc7c8ccccc8n(-c8ccccc8)c7c7c8ccccc8n(-c8ccccc8)c67)cc5)ccc43)c2)cc1. The van der Waals surface area contributed by atoms with Gasteiger partial charge in [-0.15, -0.1) is 0 Å². The van der Waals surface area contributed by atoms with Crippen LogP contribution in [0.25, 0.3) is 116 Å². The molecular formula is C60H39N3. The summed E-state index contributed by atoms with van der Waals surface area (Å²) in [7, 11) is 0. The summed E-state index contributed by atoms with van der Waals surface area (Å²) < 4.78 is 7.35. The predicted octanol–water partition coefficient (Wildman–Crippen LogP) is 16.0. The van der Waals surface area contributed by atoms with Gasteiger partial charge in [0.2, 0.25) is 0 Å². The Labute approximate surface area is 364 Å². The Morgan fingerprint density at radius 3 is 1.35 bits per heavy atom. The maximum Gasteiger partial charge on any atom is 0.0641 e. The van der Waals surface area contributed by atoms with Gasteiger partial charge in [-0.1, -0.05) is 164 Å². The second-order valence-corrected chi connectivity index (χ2v) is 16.5. The van der Waals surface area contributed by atoms with Gasteiger partial charge in [0.1, 0.15) is 0 Å². The minimum Gasteiger partial charge on any atom is -0.309 e. The van der Waals surface area contributed by atoms with E-state index >= 15 is 0 Å². The average Bonchev–Trinajstić information content (AvgIpc) is 4.00. The number of aromatic nitrogens is 3. The zero-order valence-corrected chi connectivity index (χ0v) is 34.4. The summed E-state index contributed by atoms with van der Waals surface area (Å²) in [4.78, 5) is 0. The molecule has 10 aromatic carbocycles. The molecule has 0 N–H and O–H groups in total. The van der Waals surface area contributed by atoms with Crippen LogP contribution in [0.5, 0.6) is 0 Å². The van der Waals surface area contributed by atoms with Crippen LogP contribution in [-0.2, 0) is 0 Å². The van der Waals surface area contributed by atoms with Gasteiger partial charge in [-0.05, 0) is 101 Å². The van der Waals surface area contributed by atoms with E-state index in [-0.39, 0.29) is 0 Å². The Hall–Kier alpha value is -8.40. The quantitative estimate of drug-likeness (QED) is 0.159. The number of benzene rings is 10. The van der Waals surface area contributed by atoms with Gasteiger partial charge in [-0.25, -0.2) is 0 Å². The van der Waals surface area contributed by atoms with Crippen molar-refractivity contribution in [1.82, 2.24) is 13.7 Å². The molecule has 3 heteroatoms. The molecule has 0 bridgehead atoms. The molecule has 0 saturated heterocycles. The summed E-state index contributed by atoms with van der Waals surface area (Å²) >= 11 is 0. The lowest BCUT2D eigenvalue weighted by Gasteiger charge is -2.14. The summed E-state index contributed by atoms with van der Waals surface area (Å²) in [5.41, 5.74) is 17.8. The molecule has 0 atom stereocenters. The first-order chi connectivity index (χ1) is 31.3. The van der Waals surface area contributed by atoms with Crippen molar-refractivity contribution in [3.8, 4) is 50.4 Å². The van der Waals surface area contributed by atoms with Crippen molar-refractivity contribution in [2.75, 3.05) is 0 Å². The van der Waals surface area contributed by atoms with Crippen LogP contribution in [0.3, 0.4) is 0 Å². The fourth-order valence-corrected chi connectivity index (χ4v) is 10.2. The summed E-state index contributed by atoms with van der Waals surface area (Å²) in [5, 5.41) is 7.46. The Kier molecular flexibility index (Phi) is 7.91. The monoisotopic (exact) mass is 801 g/mol. The summed E-state index contributed by atoms with van der Waals surface area (Å²) in [5.74, 6) is 0. The van der Waals surface area contributed by atoms with Crippen LogP contribution in [0.15, 0.2) is 237 Å². The molecule has 0 saturated carbocycles. The van der Waals surface area contributed by atoms with E-state index in [2.05, 4.69) is 250 Å². The average molecular weight is 802 g/mol. The Morgan fingerprint density at radius 1 is 0.222 bits per heavy atom. The second kappa shape index (κ2) is 14.1. The standard InChI is InChI=1S/C60H39N3/c1-4-17-40(18-5-1)43-19-16-24-47(37-43)61-54-28-13-10-25-48(54)52-38-44(35-36-57(52)61)41-31-33-42(34-32-41)51-39-53-49-26-11-14-29-55(49)62(45-20-6-2-7-21-45)60(53)58-50-27-12-15-30-56(50)63(59(51)58)46-22-8-3-9-23-46/h1-39H. The maximum atomic E-state index is 2.47. The smallest absolute Gasteiger partial charge is 0.0641 e. The van der Waals surface area contributed by atoms with Crippen LogP contribution in [0.1, 0.15) is 0 Å². The van der Waals surface area contributed by atoms with Crippen LogP contribution >= 0.6 is 0 Å². The van der Waals surface area contributed by atoms with Crippen LogP contribution < -0.4 is 0 Å². The van der Waals surface area contributed by atoms with Gasteiger partial charge < -0.3 is 13.7 Å². The van der Waals surface area contributed by atoms with E-state index in [1.165, 1.54) is 98.8 Å². The molecule has 0 fully saturated rings. The molecule has 0 aliphatic carbocycles. The number of hydrogen-bond donors (Lipinski definition) is 0. The molecule has 0 unspecified atom stereocenters. The first-order valence-electron chi connectivity index (χ1n) is 21.7. The Balaban J connectivity index is 1.01. The van der Waals surface area contributed by atoms with Gasteiger partial charge in [0.05, 0.1) is 33.1 Å². The van der Waals surface area contributed by atoms with Crippen molar-refractivity contribution in [2.45, 2.75) is 0 Å². The van der Waals surface area contributed by atoms with Gasteiger partial charge in [0.25, 0.3) is 0 Å². The lowest BCUT2D eigenvalue weighted by Crippen LogP contribution is -1.97. The molecule has 13 aromatic rings. The molecule has 0 amide bonds. The molecule has 3 nitrogen and oxygen atoms in total. The largest absolute Gasteiger partial charge is 0.309 e. The number of para-hydroxylation sites is 5. The molecule has 13 rings (SSSR count). The van der Waals surface area contributed by atoms with Gasteiger partial charge in [0, 0.05) is 54.9 Å². The highest BCUT2D eigenvalue weighted by molar-refractivity contribution is 6.29. The van der Waals surface area contributed by atoms with Crippen molar-refractivity contribution >= 4 is 65.4 Å². The molecule has 3 aromatic heterocycles. The highest BCUT2D eigenvalue weighted by Gasteiger charge is 2.24. The molecular weight excluding hydrogens is 763 g/mol. The van der Waals surface area contributed by atoms with E-state index in [9.17, 15) is 0 Å².